The Morgan fingerprint density at radius 3 is 2.62 bits per heavy atom. The molecule has 0 spiro atoms. The van der Waals surface area contributed by atoms with E-state index in [2.05, 4.69) is 10.0 Å². The maximum Gasteiger partial charge on any atom is 0.241 e. The van der Waals surface area contributed by atoms with E-state index in [1.807, 2.05) is 24.3 Å². The molecule has 24 heavy (non-hydrogen) atoms. The summed E-state index contributed by atoms with van der Waals surface area (Å²) in [6, 6.07) is 10.7. The largest absolute Gasteiger partial charge is 0.496 e. The molecule has 1 aliphatic rings. The van der Waals surface area contributed by atoms with Gasteiger partial charge in [0.1, 0.15) is 5.75 Å². The van der Waals surface area contributed by atoms with Gasteiger partial charge in [-0.2, -0.15) is 0 Å². The van der Waals surface area contributed by atoms with E-state index in [0.29, 0.717) is 28.5 Å². The number of nitrogens with one attached hydrogen (secondary N) is 2. The standard InChI is InChI=1S/C17H22N2O3S.ClH/c1-22-16-8-9-17(15-7-3-2-6-14(15)16)23(20,21)19-12-13-5-4-10-18-11-13;/h2-3,6-9,13,18-19H,4-5,10-12H2,1H3;1H. The van der Waals surface area contributed by atoms with Crippen LogP contribution in [0.25, 0.3) is 10.8 Å². The average Bonchev–Trinajstić information content (AvgIpc) is 2.60. The van der Waals surface area contributed by atoms with Crippen LogP contribution >= 0.6 is 12.4 Å². The van der Waals surface area contributed by atoms with Gasteiger partial charge in [-0.3, -0.25) is 0 Å². The van der Waals surface area contributed by atoms with Gasteiger partial charge in [-0.15, -0.1) is 12.4 Å². The number of hydrogen-bond acceptors (Lipinski definition) is 4. The summed E-state index contributed by atoms with van der Waals surface area (Å²) in [5.41, 5.74) is 0. The molecule has 3 rings (SSSR count). The van der Waals surface area contributed by atoms with Crippen molar-refractivity contribution in [3.63, 3.8) is 0 Å². The Morgan fingerprint density at radius 2 is 1.96 bits per heavy atom. The van der Waals surface area contributed by atoms with Crippen LogP contribution in [0.15, 0.2) is 41.3 Å². The minimum Gasteiger partial charge on any atom is -0.496 e. The van der Waals surface area contributed by atoms with Gasteiger partial charge in [-0.05, 0) is 44.0 Å². The number of fused-ring (bicyclic) bond motifs is 1. The summed E-state index contributed by atoms with van der Waals surface area (Å²) in [5.74, 6) is 1.03. The zero-order chi connectivity index (χ0) is 16.3. The molecule has 1 unspecified atom stereocenters. The topological polar surface area (TPSA) is 67.4 Å². The van der Waals surface area contributed by atoms with Crippen molar-refractivity contribution in [2.45, 2.75) is 17.7 Å². The number of rotatable bonds is 5. The number of halogens is 1. The van der Waals surface area contributed by atoms with Gasteiger partial charge in [0.05, 0.1) is 12.0 Å². The summed E-state index contributed by atoms with van der Waals surface area (Å²) in [7, 11) is -1.96. The molecule has 2 aromatic rings. The van der Waals surface area contributed by atoms with Crippen molar-refractivity contribution >= 4 is 33.2 Å². The molecule has 132 valence electrons. The van der Waals surface area contributed by atoms with Crippen LogP contribution in [0.4, 0.5) is 0 Å². The van der Waals surface area contributed by atoms with Crippen molar-refractivity contribution in [3.05, 3.63) is 36.4 Å². The van der Waals surface area contributed by atoms with Crippen LogP contribution in [-0.2, 0) is 10.0 Å². The molecule has 1 heterocycles. The predicted molar refractivity (Wildman–Crippen MR) is 98.5 cm³/mol. The van der Waals surface area contributed by atoms with Crippen LogP contribution in [0.5, 0.6) is 5.75 Å². The highest BCUT2D eigenvalue weighted by Gasteiger charge is 2.21. The summed E-state index contributed by atoms with van der Waals surface area (Å²) in [5, 5.41) is 4.79. The van der Waals surface area contributed by atoms with Crippen LogP contribution < -0.4 is 14.8 Å². The minimum atomic E-state index is -3.54. The van der Waals surface area contributed by atoms with Crippen LogP contribution in [0, 0.1) is 5.92 Å². The van der Waals surface area contributed by atoms with Crippen molar-refractivity contribution in [3.8, 4) is 5.75 Å². The third-order valence-electron chi connectivity index (χ3n) is 4.31. The molecule has 1 fully saturated rings. The number of methoxy groups -OCH3 is 1. The lowest BCUT2D eigenvalue weighted by Gasteiger charge is -2.23. The first-order chi connectivity index (χ1) is 11.1. The molecule has 1 saturated heterocycles. The lowest BCUT2D eigenvalue weighted by molar-refractivity contribution is 0.376. The molecule has 0 radical (unpaired) electrons. The predicted octanol–water partition coefficient (Wildman–Crippen LogP) is 2.55. The normalized spacial score (nSPS) is 18.1. The van der Waals surface area contributed by atoms with Gasteiger partial charge in [0.25, 0.3) is 0 Å². The number of piperidine rings is 1. The van der Waals surface area contributed by atoms with E-state index in [4.69, 9.17) is 4.74 Å². The first-order valence-electron chi connectivity index (χ1n) is 7.88. The van der Waals surface area contributed by atoms with Crippen molar-refractivity contribution in [2.75, 3.05) is 26.7 Å². The van der Waals surface area contributed by atoms with Gasteiger partial charge < -0.3 is 10.1 Å². The fourth-order valence-electron chi connectivity index (χ4n) is 3.06. The summed E-state index contributed by atoms with van der Waals surface area (Å²) in [6.45, 7) is 2.36. The van der Waals surface area contributed by atoms with Gasteiger partial charge in [-0.1, -0.05) is 24.3 Å². The van der Waals surface area contributed by atoms with Gasteiger partial charge in [-0.25, -0.2) is 13.1 Å². The average molecular weight is 371 g/mol. The van der Waals surface area contributed by atoms with Gasteiger partial charge in [0, 0.05) is 17.3 Å². The lowest BCUT2D eigenvalue weighted by atomic mass is 10.0. The van der Waals surface area contributed by atoms with E-state index in [1.165, 1.54) is 0 Å². The molecule has 7 heteroatoms. The van der Waals surface area contributed by atoms with E-state index < -0.39 is 10.0 Å². The van der Waals surface area contributed by atoms with E-state index in [-0.39, 0.29) is 12.4 Å². The summed E-state index contributed by atoms with van der Waals surface area (Å²) < 4.78 is 33.5. The second kappa shape index (κ2) is 8.16. The highest BCUT2D eigenvalue weighted by Crippen LogP contribution is 2.30. The zero-order valence-electron chi connectivity index (χ0n) is 13.6. The Labute approximate surface area is 149 Å². The molecule has 5 nitrogen and oxygen atoms in total. The first kappa shape index (κ1) is 19.0. The number of sulfonamides is 1. The third kappa shape index (κ3) is 4.00. The first-order valence-corrected chi connectivity index (χ1v) is 9.36. The Bertz CT molecular complexity index is 790. The molecular weight excluding hydrogens is 348 g/mol. The lowest BCUT2D eigenvalue weighted by Crippen LogP contribution is -2.38. The SMILES string of the molecule is COc1ccc(S(=O)(=O)NCC2CCCNC2)c2ccccc12.Cl. The van der Waals surface area contributed by atoms with E-state index in [9.17, 15) is 8.42 Å². The smallest absolute Gasteiger partial charge is 0.241 e. The molecule has 2 N–H and O–H groups in total. The van der Waals surface area contributed by atoms with Crippen LogP contribution in [-0.4, -0.2) is 35.2 Å². The molecule has 0 aromatic heterocycles. The monoisotopic (exact) mass is 370 g/mol. The molecule has 0 aliphatic carbocycles. The number of benzene rings is 2. The summed E-state index contributed by atoms with van der Waals surface area (Å²) in [6.07, 6.45) is 2.15. The minimum absolute atomic E-state index is 0. The van der Waals surface area contributed by atoms with E-state index in [1.54, 1.807) is 19.2 Å². The van der Waals surface area contributed by atoms with Crippen LogP contribution in [0.2, 0.25) is 0 Å². The van der Waals surface area contributed by atoms with Crippen molar-refractivity contribution in [1.82, 2.24) is 10.0 Å². The maximum atomic E-state index is 12.7. The highest BCUT2D eigenvalue weighted by molar-refractivity contribution is 7.89. The molecule has 0 bridgehead atoms. The molecule has 0 saturated carbocycles. The second-order valence-electron chi connectivity index (χ2n) is 5.88. The van der Waals surface area contributed by atoms with Gasteiger partial charge >= 0.3 is 0 Å². The summed E-state index contributed by atoms with van der Waals surface area (Å²) in [4.78, 5) is 0.303. The quantitative estimate of drug-likeness (QED) is 0.848. The Hall–Kier alpha value is -1.34. The third-order valence-corrected chi connectivity index (χ3v) is 5.80. The number of hydrogen-bond donors (Lipinski definition) is 2. The molecule has 0 amide bonds. The summed E-state index contributed by atoms with van der Waals surface area (Å²) >= 11 is 0. The van der Waals surface area contributed by atoms with E-state index >= 15 is 0 Å². The fourth-order valence-corrected chi connectivity index (χ4v) is 4.38. The Morgan fingerprint density at radius 1 is 1.21 bits per heavy atom. The van der Waals surface area contributed by atoms with E-state index in [0.717, 1.165) is 31.3 Å². The van der Waals surface area contributed by atoms with Crippen molar-refractivity contribution in [2.24, 2.45) is 5.92 Å². The molecule has 1 aliphatic heterocycles. The fraction of sp³-hybridized carbons (Fsp3) is 0.412. The van der Waals surface area contributed by atoms with Crippen LogP contribution in [0.1, 0.15) is 12.8 Å². The second-order valence-corrected chi connectivity index (χ2v) is 7.61. The Balaban J connectivity index is 0.00000208. The maximum absolute atomic E-state index is 12.7. The number of ether oxygens (including phenoxy) is 1. The molecule has 2 aromatic carbocycles. The van der Waals surface area contributed by atoms with Gasteiger partial charge in [0.15, 0.2) is 0 Å². The molecular formula is C17H23ClN2O3S. The highest BCUT2D eigenvalue weighted by atomic mass is 35.5. The van der Waals surface area contributed by atoms with Crippen molar-refractivity contribution in [1.29, 1.82) is 0 Å². The molecule has 1 atom stereocenters. The van der Waals surface area contributed by atoms with Crippen LogP contribution in [0.3, 0.4) is 0 Å². The zero-order valence-corrected chi connectivity index (χ0v) is 15.3. The Kier molecular flexibility index (Phi) is 6.46. The van der Waals surface area contributed by atoms with Gasteiger partial charge in [0.2, 0.25) is 10.0 Å². The van der Waals surface area contributed by atoms with Crippen molar-refractivity contribution < 1.29 is 13.2 Å².